The third-order valence-electron chi connectivity index (χ3n) is 5.67. The SMILES string of the molecule is Cc1ccccc1[C@H](NC(=O)CN(c1ccccc1)S(=O)(=O)c1ccc(F)cc1)c1ccccc1. The van der Waals surface area contributed by atoms with E-state index in [2.05, 4.69) is 5.32 Å². The molecule has 1 amide bonds. The second-order valence-electron chi connectivity index (χ2n) is 8.07. The van der Waals surface area contributed by atoms with Crippen LogP contribution in [0.3, 0.4) is 0 Å². The van der Waals surface area contributed by atoms with Crippen molar-refractivity contribution in [2.75, 3.05) is 10.8 Å². The van der Waals surface area contributed by atoms with Crippen LogP contribution < -0.4 is 9.62 Å². The van der Waals surface area contributed by atoms with Gasteiger partial charge >= 0.3 is 0 Å². The summed E-state index contributed by atoms with van der Waals surface area (Å²) in [5.41, 5.74) is 3.13. The zero-order chi connectivity index (χ0) is 24.8. The van der Waals surface area contributed by atoms with Gasteiger partial charge in [-0.25, -0.2) is 12.8 Å². The summed E-state index contributed by atoms with van der Waals surface area (Å²) in [5.74, 6) is -1.02. The highest BCUT2D eigenvalue weighted by atomic mass is 32.2. The lowest BCUT2D eigenvalue weighted by Gasteiger charge is -2.26. The van der Waals surface area contributed by atoms with Crippen molar-refractivity contribution in [1.82, 2.24) is 5.32 Å². The number of sulfonamides is 1. The van der Waals surface area contributed by atoms with Crippen LogP contribution in [0.1, 0.15) is 22.7 Å². The maximum atomic E-state index is 13.5. The summed E-state index contributed by atoms with van der Waals surface area (Å²) >= 11 is 0. The Balaban J connectivity index is 1.68. The van der Waals surface area contributed by atoms with Crippen LogP contribution in [0.4, 0.5) is 10.1 Å². The molecule has 7 heteroatoms. The first-order valence-electron chi connectivity index (χ1n) is 11.1. The number of rotatable bonds is 8. The Morgan fingerprint density at radius 2 is 1.40 bits per heavy atom. The van der Waals surface area contributed by atoms with E-state index >= 15 is 0 Å². The lowest BCUT2D eigenvalue weighted by atomic mass is 9.95. The molecule has 4 aromatic carbocycles. The van der Waals surface area contributed by atoms with Crippen LogP contribution in [0.2, 0.25) is 0 Å². The van der Waals surface area contributed by atoms with Gasteiger partial charge in [0.1, 0.15) is 12.4 Å². The van der Waals surface area contributed by atoms with E-state index in [0.717, 1.165) is 33.1 Å². The summed E-state index contributed by atoms with van der Waals surface area (Å²) in [7, 11) is -4.13. The van der Waals surface area contributed by atoms with E-state index in [0.29, 0.717) is 5.69 Å². The molecule has 0 aliphatic rings. The summed E-state index contributed by atoms with van der Waals surface area (Å²) in [6.45, 7) is 1.52. The average Bonchev–Trinajstić information content (AvgIpc) is 2.87. The molecule has 35 heavy (non-hydrogen) atoms. The van der Waals surface area contributed by atoms with E-state index in [9.17, 15) is 17.6 Å². The Hall–Kier alpha value is -3.97. The lowest BCUT2D eigenvalue weighted by Crippen LogP contribution is -2.42. The van der Waals surface area contributed by atoms with Crippen molar-refractivity contribution < 1.29 is 17.6 Å². The van der Waals surface area contributed by atoms with Gasteiger partial charge in [0.15, 0.2) is 0 Å². The molecule has 0 aromatic heterocycles. The fourth-order valence-electron chi connectivity index (χ4n) is 3.88. The Labute approximate surface area is 204 Å². The molecule has 0 aliphatic heterocycles. The third kappa shape index (κ3) is 5.58. The summed E-state index contributed by atoms with van der Waals surface area (Å²) in [6, 6.07) is 29.7. The molecule has 4 rings (SSSR count). The van der Waals surface area contributed by atoms with Gasteiger partial charge in [0.2, 0.25) is 5.91 Å². The summed E-state index contributed by atoms with van der Waals surface area (Å²) in [4.78, 5) is 13.2. The number of carbonyl (C=O) groups excluding carboxylic acids is 1. The van der Waals surface area contributed by atoms with Crippen molar-refractivity contribution in [1.29, 1.82) is 0 Å². The number of benzene rings is 4. The molecule has 0 radical (unpaired) electrons. The van der Waals surface area contributed by atoms with E-state index in [1.165, 1.54) is 12.1 Å². The highest BCUT2D eigenvalue weighted by Crippen LogP contribution is 2.26. The van der Waals surface area contributed by atoms with Gasteiger partial charge in [-0.15, -0.1) is 0 Å². The van der Waals surface area contributed by atoms with E-state index < -0.39 is 34.3 Å². The van der Waals surface area contributed by atoms with Gasteiger partial charge in [0.05, 0.1) is 16.6 Å². The normalized spacial score (nSPS) is 12.1. The summed E-state index contributed by atoms with van der Waals surface area (Å²) in [5, 5.41) is 3.02. The zero-order valence-corrected chi connectivity index (χ0v) is 20.0. The first kappa shape index (κ1) is 24.2. The fraction of sp³-hybridized carbons (Fsp3) is 0.107. The van der Waals surface area contributed by atoms with E-state index in [1.54, 1.807) is 30.3 Å². The zero-order valence-electron chi connectivity index (χ0n) is 19.1. The molecule has 1 N–H and O–H groups in total. The number of nitrogens with one attached hydrogen (secondary N) is 1. The van der Waals surface area contributed by atoms with E-state index in [-0.39, 0.29) is 4.90 Å². The first-order chi connectivity index (χ1) is 16.9. The number of halogens is 1. The van der Waals surface area contributed by atoms with Gasteiger partial charge in [0, 0.05) is 0 Å². The molecule has 0 spiro atoms. The van der Waals surface area contributed by atoms with Crippen LogP contribution in [0, 0.1) is 12.7 Å². The van der Waals surface area contributed by atoms with Gasteiger partial charge in [0.25, 0.3) is 10.0 Å². The number of hydrogen-bond acceptors (Lipinski definition) is 3. The smallest absolute Gasteiger partial charge is 0.264 e. The largest absolute Gasteiger partial charge is 0.344 e. The van der Waals surface area contributed by atoms with Gasteiger partial charge in [-0.1, -0.05) is 72.8 Å². The van der Waals surface area contributed by atoms with Crippen LogP contribution in [0.5, 0.6) is 0 Å². The maximum Gasteiger partial charge on any atom is 0.264 e. The molecule has 1 atom stereocenters. The molecule has 0 heterocycles. The van der Waals surface area contributed by atoms with Crippen molar-refractivity contribution in [2.24, 2.45) is 0 Å². The topological polar surface area (TPSA) is 66.5 Å². The van der Waals surface area contributed by atoms with Crippen LogP contribution in [0.15, 0.2) is 114 Å². The summed E-state index contributed by atoms with van der Waals surface area (Å²) < 4.78 is 41.4. The highest BCUT2D eigenvalue weighted by Gasteiger charge is 2.28. The molecule has 5 nitrogen and oxygen atoms in total. The van der Waals surface area contributed by atoms with Gasteiger partial charge in [-0.2, -0.15) is 0 Å². The summed E-state index contributed by atoms with van der Waals surface area (Å²) in [6.07, 6.45) is 0. The van der Waals surface area contributed by atoms with Crippen LogP contribution in [-0.4, -0.2) is 20.9 Å². The van der Waals surface area contributed by atoms with Crippen molar-refractivity contribution in [3.8, 4) is 0 Å². The molecule has 0 unspecified atom stereocenters. The van der Waals surface area contributed by atoms with Crippen LogP contribution in [0.25, 0.3) is 0 Å². The Morgan fingerprint density at radius 3 is 2.03 bits per heavy atom. The van der Waals surface area contributed by atoms with Gasteiger partial charge in [-0.05, 0) is 60.0 Å². The molecule has 0 saturated carbocycles. The number of anilines is 1. The van der Waals surface area contributed by atoms with Crippen LogP contribution >= 0.6 is 0 Å². The minimum Gasteiger partial charge on any atom is -0.344 e. The number of nitrogens with zero attached hydrogens (tertiary/aromatic N) is 1. The molecule has 178 valence electrons. The fourth-order valence-corrected chi connectivity index (χ4v) is 5.30. The Bertz CT molecular complexity index is 1390. The lowest BCUT2D eigenvalue weighted by molar-refractivity contribution is -0.120. The van der Waals surface area contributed by atoms with E-state index in [4.69, 9.17) is 0 Å². The number of carbonyl (C=O) groups is 1. The molecular weight excluding hydrogens is 463 g/mol. The quantitative estimate of drug-likeness (QED) is 0.369. The highest BCUT2D eigenvalue weighted by molar-refractivity contribution is 7.92. The number of hydrogen-bond donors (Lipinski definition) is 1. The molecular formula is C28H25FN2O3S. The Kier molecular flexibility index (Phi) is 7.27. The Morgan fingerprint density at radius 1 is 0.829 bits per heavy atom. The molecule has 0 bridgehead atoms. The third-order valence-corrected chi connectivity index (χ3v) is 7.46. The van der Waals surface area contributed by atoms with Crippen molar-refractivity contribution in [3.05, 3.63) is 132 Å². The van der Waals surface area contributed by atoms with Crippen molar-refractivity contribution in [3.63, 3.8) is 0 Å². The standard InChI is InChI=1S/C28H25FN2O3S/c1-21-10-8-9-15-26(21)28(22-11-4-2-5-12-22)30-27(32)20-31(24-13-6-3-7-14-24)35(33,34)25-18-16-23(29)17-19-25/h2-19,28H,20H2,1H3,(H,30,32)/t28-/m1/s1. The monoisotopic (exact) mass is 488 g/mol. The van der Waals surface area contributed by atoms with E-state index in [1.807, 2.05) is 61.5 Å². The van der Waals surface area contributed by atoms with Gasteiger partial charge in [-0.3, -0.25) is 9.10 Å². The number of aryl methyl sites for hydroxylation is 1. The molecule has 0 fully saturated rings. The number of amides is 1. The van der Waals surface area contributed by atoms with Crippen LogP contribution in [-0.2, 0) is 14.8 Å². The predicted molar refractivity (Wildman–Crippen MR) is 135 cm³/mol. The van der Waals surface area contributed by atoms with Crippen molar-refractivity contribution in [2.45, 2.75) is 17.9 Å². The minimum absolute atomic E-state index is 0.103. The average molecular weight is 489 g/mol. The van der Waals surface area contributed by atoms with Crippen molar-refractivity contribution >= 4 is 21.6 Å². The molecule has 0 saturated heterocycles. The first-order valence-corrected chi connectivity index (χ1v) is 12.5. The molecule has 0 aliphatic carbocycles. The number of para-hydroxylation sites is 1. The molecule has 4 aromatic rings. The minimum atomic E-state index is -4.13. The predicted octanol–water partition coefficient (Wildman–Crippen LogP) is 5.24. The second-order valence-corrected chi connectivity index (χ2v) is 9.93. The van der Waals surface area contributed by atoms with Gasteiger partial charge < -0.3 is 5.32 Å². The maximum absolute atomic E-state index is 13.5. The second kappa shape index (κ2) is 10.5.